The lowest BCUT2D eigenvalue weighted by Crippen LogP contribution is -2.26. The Hall–Kier alpha value is -2.63. The molecule has 21 heavy (non-hydrogen) atoms. The van der Waals surface area contributed by atoms with Crippen molar-refractivity contribution >= 4 is 17.5 Å². The Morgan fingerprint density at radius 3 is 3.00 bits per heavy atom. The lowest BCUT2D eigenvalue weighted by Gasteiger charge is -2.16. The van der Waals surface area contributed by atoms with E-state index in [2.05, 4.69) is 10.4 Å². The van der Waals surface area contributed by atoms with Gasteiger partial charge in [0.1, 0.15) is 0 Å². The minimum absolute atomic E-state index is 0.0293. The molecule has 0 saturated heterocycles. The molecule has 2 amide bonds. The van der Waals surface area contributed by atoms with Gasteiger partial charge >= 0.3 is 0 Å². The van der Waals surface area contributed by atoms with Crippen molar-refractivity contribution in [3.05, 3.63) is 47.3 Å². The van der Waals surface area contributed by atoms with Crippen molar-refractivity contribution in [1.29, 1.82) is 0 Å². The third-order valence-electron chi connectivity index (χ3n) is 3.51. The number of carbonyl (C=O) groups excluding carboxylic acids is 2. The van der Waals surface area contributed by atoms with Crippen molar-refractivity contribution < 1.29 is 9.59 Å². The van der Waals surface area contributed by atoms with E-state index < -0.39 is 0 Å². The lowest BCUT2D eigenvalue weighted by molar-refractivity contribution is -0.115. The van der Waals surface area contributed by atoms with Gasteiger partial charge in [0.25, 0.3) is 5.91 Å². The van der Waals surface area contributed by atoms with Gasteiger partial charge in [-0.15, -0.1) is 0 Å². The van der Waals surface area contributed by atoms with Crippen LogP contribution < -0.4 is 5.32 Å². The van der Waals surface area contributed by atoms with E-state index in [-0.39, 0.29) is 11.8 Å². The number of amides is 2. The summed E-state index contributed by atoms with van der Waals surface area (Å²) in [4.78, 5) is 25.4. The van der Waals surface area contributed by atoms with Crippen LogP contribution in [0, 0.1) is 0 Å². The largest absolute Gasteiger partial charge is 0.337 e. The van der Waals surface area contributed by atoms with Crippen molar-refractivity contribution in [3.63, 3.8) is 0 Å². The van der Waals surface area contributed by atoms with E-state index in [0.29, 0.717) is 18.5 Å². The van der Waals surface area contributed by atoms with E-state index in [1.807, 2.05) is 19.3 Å². The van der Waals surface area contributed by atoms with Crippen LogP contribution in [0.3, 0.4) is 0 Å². The molecule has 3 rings (SSSR count). The second kappa shape index (κ2) is 5.05. The number of anilines is 1. The third kappa shape index (κ3) is 2.65. The molecule has 0 aliphatic carbocycles. The van der Waals surface area contributed by atoms with E-state index in [1.165, 1.54) is 0 Å². The van der Waals surface area contributed by atoms with Crippen molar-refractivity contribution in [3.8, 4) is 0 Å². The quantitative estimate of drug-likeness (QED) is 0.920. The molecule has 6 nitrogen and oxygen atoms in total. The predicted molar refractivity (Wildman–Crippen MR) is 77.8 cm³/mol. The van der Waals surface area contributed by atoms with Gasteiger partial charge in [-0.25, -0.2) is 0 Å². The smallest absolute Gasteiger partial charge is 0.253 e. The first-order valence-corrected chi connectivity index (χ1v) is 6.68. The SMILES string of the molecule is CN(Cc1cnn(C)c1)C(=O)c1ccc2c(c1)NC(=O)C2. The number of hydrogen-bond acceptors (Lipinski definition) is 3. The molecular weight excluding hydrogens is 268 g/mol. The Morgan fingerprint density at radius 2 is 2.29 bits per heavy atom. The molecule has 0 fully saturated rings. The Kier molecular flexibility index (Phi) is 3.21. The second-order valence-electron chi connectivity index (χ2n) is 5.28. The molecule has 0 spiro atoms. The third-order valence-corrected chi connectivity index (χ3v) is 3.51. The minimum atomic E-state index is -0.0807. The van der Waals surface area contributed by atoms with E-state index in [0.717, 1.165) is 16.8 Å². The van der Waals surface area contributed by atoms with E-state index in [1.54, 1.807) is 35.0 Å². The zero-order valence-corrected chi connectivity index (χ0v) is 12.0. The van der Waals surface area contributed by atoms with Crippen LogP contribution in [0.15, 0.2) is 30.6 Å². The highest BCUT2D eigenvalue weighted by Gasteiger charge is 2.20. The second-order valence-corrected chi connectivity index (χ2v) is 5.28. The number of benzene rings is 1. The Labute approximate surface area is 122 Å². The maximum Gasteiger partial charge on any atom is 0.253 e. The van der Waals surface area contributed by atoms with Crippen LogP contribution in [-0.4, -0.2) is 33.5 Å². The maximum atomic E-state index is 12.4. The lowest BCUT2D eigenvalue weighted by atomic mass is 10.1. The Bertz CT molecular complexity index is 720. The molecule has 1 N–H and O–H groups in total. The van der Waals surface area contributed by atoms with Crippen molar-refractivity contribution in [2.75, 3.05) is 12.4 Å². The summed E-state index contributed by atoms with van der Waals surface area (Å²) in [6.45, 7) is 0.496. The van der Waals surface area contributed by atoms with Gasteiger partial charge < -0.3 is 10.2 Å². The van der Waals surface area contributed by atoms with E-state index >= 15 is 0 Å². The van der Waals surface area contributed by atoms with Gasteiger partial charge in [0.2, 0.25) is 5.91 Å². The standard InChI is InChI=1S/C15H16N4O2/c1-18(8-10-7-16-19(2)9-10)15(21)12-4-3-11-6-14(20)17-13(11)5-12/h3-5,7,9H,6,8H2,1-2H3,(H,17,20). The number of hydrogen-bond donors (Lipinski definition) is 1. The van der Waals surface area contributed by atoms with Crippen LogP contribution in [0.5, 0.6) is 0 Å². The fourth-order valence-electron chi connectivity index (χ4n) is 2.47. The van der Waals surface area contributed by atoms with Crippen LogP contribution in [-0.2, 0) is 24.8 Å². The molecule has 1 aromatic heterocycles. The molecule has 108 valence electrons. The van der Waals surface area contributed by atoms with Gasteiger partial charge in [-0.05, 0) is 17.7 Å². The van der Waals surface area contributed by atoms with Gasteiger partial charge in [0, 0.05) is 43.7 Å². The number of nitrogens with zero attached hydrogens (tertiary/aromatic N) is 3. The Morgan fingerprint density at radius 1 is 1.48 bits per heavy atom. The van der Waals surface area contributed by atoms with Gasteiger partial charge in [-0.1, -0.05) is 6.07 Å². The average molecular weight is 284 g/mol. The number of fused-ring (bicyclic) bond motifs is 1. The summed E-state index contributed by atoms with van der Waals surface area (Å²) < 4.78 is 1.71. The molecule has 1 aliphatic heterocycles. The number of aryl methyl sites for hydroxylation is 1. The first-order valence-electron chi connectivity index (χ1n) is 6.68. The van der Waals surface area contributed by atoms with E-state index in [4.69, 9.17) is 0 Å². The highest BCUT2D eigenvalue weighted by atomic mass is 16.2. The molecule has 2 aromatic rings. The molecule has 0 saturated carbocycles. The number of carbonyl (C=O) groups is 2. The zero-order valence-electron chi connectivity index (χ0n) is 12.0. The topological polar surface area (TPSA) is 67.2 Å². The van der Waals surface area contributed by atoms with Crippen LogP contribution in [0.25, 0.3) is 0 Å². The Balaban J connectivity index is 1.76. The first-order chi connectivity index (χ1) is 10.0. The van der Waals surface area contributed by atoms with Gasteiger partial charge in [-0.3, -0.25) is 14.3 Å². The molecule has 0 atom stereocenters. The summed E-state index contributed by atoms with van der Waals surface area (Å²) in [5.41, 5.74) is 3.22. The molecular formula is C15H16N4O2. The molecule has 6 heteroatoms. The van der Waals surface area contributed by atoms with Crippen LogP contribution >= 0.6 is 0 Å². The molecule has 0 unspecified atom stereocenters. The zero-order chi connectivity index (χ0) is 15.0. The summed E-state index contributed by atoms with van der Waals surface area (Å²) in [5, 5.41) is 6.85. The number of rotatable bonds is 3. The summed E-state index contributed by atoms with van der Waals surface area (Å²) in [5.74, 6) is -0.110. The summed E-state index contributed by atoms with van der Waals surface area (Å²) in [7, 11) is 3.59. The molecule has 1 aromatic carbocycles. The van der Waals surface area contributed by atoms with Gasteiger partial charge in [0.15, 0.2) is 0 Å². The fraction of sp³-hybridized carbons (Fsp3) is 0.267. The predicted octanol–water partition coefficient (Wildman–Crippen LogP) is 1.19. The van der Waals surface area contributed by atoms with Gasteiger partial charge in [0.05, 0.1) is 12.6 Å². The van der Waals surface area contributed by atoms with Crippen molar-refractivity contribution in [2.24, 2.45) is 7.05 Å². The first kappa shape index (κ1) is 13.4. The molecule has 1 aliphatic rings. The monoisotopic (exact) mass is 284 g/mol. The van der Waals surface area contributed by atoms with Crippen molar-refractivity contribution in [2.45, 2.75) is 13.0 Å². The van der Waals surface area contributed by atoms with Crippen molar-refractivity contribution in [1.82, 2.24) is 14.7 Å². The summed E-state index contributed by atoms with van der Waals surface area (Å²) in [6.07, 6.45) is 4.01. The minimum Gasteiger partial charge on any atom is -0.337 e. The van der Waals surface area contributed by atoms with Crippen LogP contribution in [0.1, 0.15) is 21.5 Å². The fourth-order valence-corrected chi connectivity index (χ4v) is 2.47. The van der Waals surface area contributed by atoms with Gasteiger partial charge in [-0.2, -0.15) is 5.10 Å². The summed E-state index contributed by atoms with van der Waals surface area (Å²) in [6, 6.07) is 5.34. The van der Waals surface area contributed by atoms with Crippen LogP contribution in [0.2, 0.25) is 0 Å². The number of aromatic nitrogens is 2. The highest BCUT2D eigenvalue weighted by molar-refractivity contribution is 6.02. The molecule has 0 bridgehead atoms. The summed E-state index contributed by atoms with van der Waals surface area (Å²) >= 11 is 0. The molecule has 2 heterocycles. The normalized spacial score (nSPS) is 13.0. The number of nitrogens with one attached hydrogen (secondary N) is 1. The maximum absolute atomic E-state index is 12.4. The van der Waals surface area contributed by atoms with E-state index in [9.17, 15) is 9.59 Å². The highest BCUT2D eigenvalue weighted by Crippen LogP contribution is 2.24. The molecule has 0 radical (unpaired) electrons. The van der Waals surface area contributed by atoms with Crippen LogP contribution in [0.4, 0.5) is 5.69 Å². The average Bonchev–Trinajstić information content (AvgIpc) is 3.01.